The van der Waals surface area contributed by atoms with E-state index in [2.05, 4.69) is 22.6 Å². The van der Waals surface area contributed by atoms with Gasteiger partial charge in [0.15, 0.2) is 0 Å². The number of halogens is 1. The number of carbonyl (C=O) groups excluding carboxylic acids is 1. The molecule has 0 aromatic heterocycles. The first kappa shape index (κ1) is 18.7. The van der Waals surface area contributed by atoms with Crippen LogP contribution < -0.4 is 4.18 Å². The van der Waals surface area contributed by atoms with Gasteiger partial charge < -0.3 is 9.08 Å². The van der Waals surface area contributed by atoms with E-state index in [4.69, 9.17) is 4.18 Å². The van der Waals surface area contributed by atoms with Gasteiger partial charge in [-0.1, -0.05) is 6.07 Å². The predicted molar refractivity (Wildman–Crippen MR) is 101 cm³/mol. The molecule has 0 aliphatic rings. The summed E-state index contributed by atoms with van der Waals surface area (Å²) in [6.45, 7) is 5.00. The highest BCUT2D eigenvalue weighted by molar-refractivity contribution is 14.1. The Morgan fingerprint density at radius 3 is 2.25 bits per heavy atom. The van der Waals surface area contributed by atoms with Gasteiger partial charge in [-0.2, -0.15) is 8.42 Å². The average molecular weight is 459 g/mol. The lowest BCUT2D eigenvalue weighted by Crippen LogP contribution is -2.30. The summed E-state index contributed by atoms with van der Waals surface area (Å²) in [4.78, 5) is 13.9. The van der Waals surface area contributed by atoms with Crippen LogP contribution in [0.4, 0.5) is 0 Å². The maximum atomic E-state index is 12.3. The standard InChI is InChI=1S/C17H18INO4S/c1-3-19(4-2)17(20)13-8-10-16(11-9-13)24(21,22)23-15-7-5-6-14(18)12-15/h5-12H,3-4H2,1-2H3. The molecule has 2 aromatic rings. The Bertz CT molecular complexity index is 815. The lowest BCUT2D eigenvalue weighted by atomic mass is 10.2. The predicted octanol–water partition coefficient (Wildman–Crippen LogP) is 3.54. The van der Waals surface area contributed by atoms with E-state index in [9.17, 15) is 13.2 Å². The molecule has 24 heavy (non-hydrogen) atoms. The summed E-state index contributed by atoms with van der Waals surface area (Å²) in [5.41, 5.74) is 0.451. The number of amides is 1. The van der Waals surface area contributed by atoms with E-state index < -0.39 is 10.1 Å². The molecule has 0 radical (unpaired) electrons. The molecule has 0 saturated carbocycles. The highest BCUT2D eigenvalue weighted by Crippen LogP contribution is 2.21. The summed E-state index contributed by atoms with van der Waals surface area (Å²) in [5.74, 6) is 0.132. The van der Waals surface area contributed by atoms with Gasteiger partial charge in [0, 0.05) is 22.2 Å². The van der Waals surface area contributed by atoms with Crippen molar-refractivity contribution in [2.45, 2.75) is 18.7 Å². The van der Waals surface area contributed by atoms with Crippen LogP contribution in [0.3, 0.4) is 0 Å². The first-order chi connectivity index (χ1) is 11.4. The van der Waals surface area contributed by atoms with Crippen LogP contribution in [0.25, 0.3) is 0 Å². The lowest BCUT2D eigenvalue weighted by Gasteiger charge is -2.18. The van der Waals surface area contributed by atoms with Gasteiger partial charge >= 0.3 is 10.1 Å². The zero-order valence-electron chi connectivity index (χ0n) is 13.4. The number of carbonyl (C=O) groups is 1. The van der Waals surface area contributed by atoms with Crippen LogP contribution in [0, 0.1) is 3.57 Å². The minimum atomic E-state index is -3.93. The van der Waals surface area contributed by atoms with Crippen LogP contribution in [0.1, 0.15) is 24.2 Å². The molecule has 5 nitrogen and oxygen atoms in total. The summed E-state index contributed by atoms with van der Waals surface area (Å²) in [7, 11) is -3.93. The van der Waals surface area contributed by atoms with E-state index in [0.29, 0.717) is 18.7 Å². The first-order valence-corrected chi connectivity index (χ1v) is 9.95. The number of nitrogens with zero attached hydrogens (tertiary/aromatic N) is 1. The molecule has 2 rings (SSSR count). The molecule has 0 heterocycles. The second-order valence-corrected chi connectivity index (χ2v) is 7.79. The first-order valence-electron chi connectivity index (χ1n) is 7.46. The third-order valence-corrected chi connectivity index (χ3v) is 5.37. The summed E-state index contributed by atoms with van der Waals surface area (Å²) in [6, 6.07) is 12.6. The van der Waals surface area contributed by atoms with Crippen molar-refractivity contribution in [2.75, 3.05) is 13.1 Å². The SMILES string of the molecule is CCN(CC)C(=O)c1ccc(S(=O)(=O)Oc2cccc(I)c2)cc1. The number of benzene rings is 2. The molecule has 1 amide bonds. The zero-order chi connectivity index (χ0) is 17.7. The van der Waals surface area contributed by atoms with Crippen molar-refractivity contribution in [1.82, 2.24) is 4.90 Å². The van der Waals surface area contributed by atoms with E-state index >= 15 is 0 Å². The molecule has 0 bridgehead atoms. The molecule has 0 N–H and O–H groups in total. The highest BCUT2D eigenvalue weighted by atomic mass is 127. The normalized spacial score (nSPS) is 11.1. The third kappa shape index (κ3) is 4.47. The van der Waals surface area contributed by atoms with Crippen LogP contribution in [-0.4, -0.2) is 32.3 Å². The van der Waals surface area contributed by atoms with Gasteiger partial charge in [0.1, 0.15) is 10.6 Å². The van der Waals surface area contributed by atoms with Gasteiger partial charge in [0.25, 0.3) is 5.91 Å². The van der Waals surface area contributed by atoms with E-state index in [-0.39, 0.29) is 16.6 Å². The molecule has 2 aromatic carbocycles. The van der Waals surface area contributed by atoms with Crippen LogP contribution in [0.5, 0.6) is 5.75 Å². The van der Waals surface area contributed by atoms with Gasteiger partial charge in [-0.15, -0.1) is 0 Å². The van der Waals surface area contributed by atoms with Gasteiger partial charge in [0.05, 0.1) is 0 Å². The second kappa shape index (κ2) is 7.98. The maximum Gasteiger partial charge on any atom is 0.339 e. The summed E-state index contributed by atoms with van der Waals surface area (Å²) in [5, 5.41) is 0. The third-order valence-electron chi connectivity index (χ3n) is 3.44. The van der Waals surface area contributed by atoms with Crippen LogP contribution in [-0.2, 0) is 10.1 Å². The molecular weight excluding hydrogens is 441 g/mol. The second-order valence-electron chi connectivity index (χ2n) is 5.00. The summed E-state index contributed by atoms with van der Waals surface area (Å²) < 4.78 is 30.6. The fourth-order valence-electron chi connectivity index (χ4n) is 2.15. The van der Waals surface area contributed by atoms with Gasteiger partial charge in [-0.3, -0.25) is 4.79 Å². The molecule has 0 aliphatic carbocycles. The van der Waals surface area contributed by atoms with Crippen molar-refractivity contribution in [1.29, 1.82) is 0 Å². The Morgan fingerprint density at radius 2 is 1.71 bits per heavy atom. The number of rotatable bonds is 6. The van der Waals surface area contributed by atoms with Crippen molar-refractivity contribution in [2.24, 2.45) is 0 Å². The Labute approximate surface area is 155 Å². The quantitative estimate of drug-likeness (QED) is 0.490. The Morgan fingerprint density at radius 1 is 1.08 bits per heavy atom. The average Bonchev–Trinajstić information content (AvgIpc) is 2.55. The minimum absolute atomic E-state index is 0.0115. The monoisotopic (exact) mass is 459 g/mol. The largest absolute Gasteiger partial charge is 0.379 e. The molecule has 0 fully saturated rings. The van der Waals surface area contributed by atoms with Crippen LogP contribution in [0.2, 0.25) is 0 Å². The van der Waals surface area contributed by atoms with Gasteiger partial charge in [0.2, 0.25) is 0 Å². The summed E-state index contributed by atoms with van der Waals surface area (Å²) in [6.07, 6.45) is 0. The Hall–Kier alpha value is -1.61. The fourth-order valence-corrected chi connectivity index (χ4v) is 3.59. The maximum absolute atomic E-state index is 12.3. The van der Waals surface area contributed by atoms with E-state index in [1.807, 2.05) is 19.9 Å². The van der Waals surface area contributed by atoms with Crippen molar-refractivity contribution in [3.63, 3.8) is 0 Å². The molecule has 128 valence electrons. The molecule has 0 saturated heterocycles. The molecule has 0 spiro atoms. The van der Waals surface area contributed by atoms with E-state index in [1.54, 1.807) is 23.1 Å². The number of hydrogen-bond donors (Lipinski definition) is 0. The lowest BCUT2D eigenvalue weighted by molar-refractivity contribution is 0.0773. The molecule has 0 unspecified atom stereocenters. The molecule has 0 atom stereocenters. The summed E-state index contributed by atoms with van der Waals surface area (Å²) >= 11 is 2.08. The number of hydrogen-bond acceptors (Lipinski definition) is 4. The Balaban J connectivity index is 2.21. The topological polar surface area (TPSA) is 63.7 Å². The minimum Gasteiger partial charge on any atom is -0.379 e. The van der Waals surface area contributed by atoms with E-state index in [1.165, 1.54) is 24.3 Å². The van der Waals surface area contributed by atoms with Crippen LogP contribution >= 0.6 is 22.6 Å². The van der Waals surface area contributed by atoms with Gasteiger partial charge in [-0.25, -0.2) is 0 Å². The smallest absolute Gasteiger partial charge is 0.339 e. The van der Waals surface area contributed by atoms with Crippen molar-refractivity contribution in [3.8, 4) is 5.75 Å². The zero-order valence-corrected chi connectivity index (χ0v) is 16.4. The van der Waals surface area contributed by atoms with Crippen molar-refractivity contribution < 1.29 is 17.4 Å². The van der Waals surface area contributed by atoms with Crippen molar-refractivity contribution in [3.05, 3.63) is 57.7 Å². The van der Waals surface area contributed by atoms with Crippen molar-refractivity contribution >= 4 is 38.6 Å². The van der Waals surface area contributed by atoms with Gasteiger partial charge in [-0.05, 0) is 78.9 Å². The fraction of sp³-hybridized carbons (Fsp3) is 0.235. The Kier molecular flexibility index (Phi) is 6.22. The molecule has 0 aliphatic heterocycles. The van der Waals surface area contributed by atoms with Crippen LogP contribution in [0.15, 0.2) is 53.4 Å². The molecular formula is C17H18INO4S. The highest BCUT2D eigenvalue weighted by Gasteiger charge is 2.18. The molecule has 7 heteroatoms. The van der Waals surface area contributed by atoms with E-state index in [0.717, 1.165) is 3.57 Å².